The van der Waals surface area contributed by atoms with Crippen LogP contribution in [0.5, 0.6) is 0 Å². The molecular formula is C21H36N4O. The van der Waals surface area contributed by atoms with Gasteiger partial charge >= 0.3 is 0 Å². The van der Waals surface area contributed by atoms with Crippen molar-refractivity contribution in [3.8, 4) is 0 Å². The molecule has 0 aliphatic carbocycles. The average Bonchev–Trinajstić information content (AvgIpc) is 2.66. The van der Waals surface area contributed by atoms with Crippen molar-refractivity contribution < 1.29 is 4.74 Å². The number of nitrogens with one attached hydrogen (secondary N) is 2. The Labute approximate surface area is 159 Å². The van der Waals surface area contributed by atoms with Gasteiger partial charge in [0.2, 0.25) is 0 Å². The van der Waals surface area contributed by atoms with Gasteiger partial charge in [-0.1, -0.05) is 31.2 Å². The minimum Gasteiger partial charge on any atom is -0.382 e. The molecule has 1 saturated heterocycles. The lowest BCUT2D eigenvalue weighted by molar-refractivity contribution is 0.145. The summed E-state index contributed by atoms with van der Waals surface area (Å²) in [7, 11) is 1.81. The van der Waals surface area contributed by atoms with Crippen LogP contribution in [-0.2, 0) is 17.8 Å². The lowest BCUT2D eigenvalue weighted by Crippen LogP contribution is -2.37. The van der Waals surface area contributed by atoms with Crippen molar-refractivity contribution in [2.75, 3.05) is 39.9 Å². The van der Waals surface area contributed by atoms with Gasteiger partial charge in [0.1, 0.15) is 0 Å². The molecule has 2 rings (SSSR count). The molecular weight excluding hydrogens is 324 g/mol. The van der Waals surface area contributed by atoms with Crippen LogP contribution in [0.3, 0.4) is 0 Å². The summed E-state index contributed by atoms with van der Waals surface area (Å²) >= 11 is 0. The van der Waals surface area contributed by atoms with Crippen molar-refractivity contribution in [3.05, 3.63) is 35.4 Å². The van der Waals surface area contributed by atoms with Crippen molar-refractivity contribution >= 4 is 5.96 Å². The summed E-state index contributed by atoms with van der Waals surface area (Å²) in [4.78, 5) is 6.86. The fourth-order valence-electron chi connectivity index (χ4n) is 3.25. The lowest BCUT2D eigenvalue weighted by atomic mass is 9.98. The van der Waals surface area contributed by atoms with Crippen LogP contribution in [-0.4, -0.2) is 50.8 Å². The van der Waals surface area contributed by atoms with Gasteiger partial charge < -0.3 is 15.4 Å². The standard InChI is InChI=1S/C21H36N4O/c1-4-26-14-6-11-23-21(22-3)24-16-19-7-5-8-20(15-19)17-25-12-9-18(2)10-13-25/h5,7-8,15,18H,4,6,9-14,16-17H2,1-3H3,(H2,22,23,24). The molecule has 0 unspecified atom stereocenters. The highest BCUT2D eigenvalue weighted by Gasteiger charge is 2.15. The number of aliphatic imine (C=N–C) groups is 1. The highest BCUT2D eigenvalue weighted by molar-refractivity contribution is 5.79. The van der Waals surface area contributed by atoms with E-state index in [0.29, 0.717) is 0 Å². The molecule has 5 nitrogen and oxygen atoms in total. The van der Waals surface area contributed by atoms with Crippen LogP contribution < -0.4 is 10.6 Å². The minimum atomic E-state index is 0.778. The quantitative estimate of drug-likeness (QED) is 0.404. The average molecular weight is 361 g/mol. The zero-order valence-corrected chi connectivity index (χ0v) is 16.8. The first kappa shape index (κ1) is 20.7. The molecule has 0 bridgehead atoms. The van der Waals surface area contributed by atoms with Crippen LogP contribution in [0.4, 0.5) is 0 Å². The summed E-state index contributed by atoms with van der Waals surface area (Å²) in [5.41, 5.74) is 2.70. The Morgan fingerprint density at radius 2 is 2.00 bits per heavy atom. The monoisotopic (exact) mass is 360 g/mol. The molecule has 1 aliphatic rings. The van der Waals surface area contributed by atoms with Crippen LogP contribution in [0.2, 0.25) is 0 Å². The van der Waals surface area contributed by atoms with Gasteiger partial charge in [-0.2, -0.15) is 0 Å². The molecule has 0 atom stereocenters. The third-order valence-electron chi connectivity index (χ3n) is 4.92. The zero-order chi connectivity index (χ0) is 18.6. The number of rotatable bonds is 9. The molecule has 1 fully saturated rings. The molecule has 0 radical (unpaired) electrons. The molecule has 0 amide bonds. The van der Waals surface area contributed by atoms with E-state index < -0.39 is 0 Å². The summed E-state index contributed by atoms with van der Waals surface area (Å²) in [6, 6.07) is 8.89. The Kier molecular flexibility index (Phi) is 9.50. The van der Waals surface area contributed by atoms with Crippen molar-refractivity contribution in [1.29, 1.82) is 0 Å². The molecule has 1 aromatic rings. The van der Waals surface area contributed by atoms with Gasteiger partial charge in [0.15, 0.2) is 5.96 Å². The predicted octanol–water partition coefficient (Wildman–Crippen LogP) is 3.01. The number of nitrogens with zero attached hydrogens (tertiary/aromatic N) is 2. The fraction of sp³-hybridized carbons (Fsp3) is 0.667. The van der Waals surface area contributed by atoms with Crippen molar-refractivity contribution in [1.82, 2.24) is 15.5 Å². The maximum Gasteiger partial charge on any atom is 0.191 e. The summed E-state index contributed by atoms with van der Waals surface area (Å²) < 4.78 is 5.36. The molecule has 1 aromatic carbocycles. The predicted molar refractivity (Wildman–Crippen MR) is 109 cm³/mol. The lowest BCUT2D eigenvalue weighted by Gasteiger charge is -2.30. The Morgan fingerprint density at radius 1 is 1.23 bits per heavy atom. The third kappa shape index (κ3) is 7.75. The Hall–Kier alpha value is -1.59. The number of hydrogen-bond acceptors (Lipinski definition) is 3. The molecule has 146 valence electrons. The number of ether oxygens (including phenoxy) is 1. The van der Waals surface area contributed by atoms with Gasteiger partial charge in [-0.15, -0.1) is 0 Å². The highest BCUT2D eigenvalue weighted by Crippen LogP contribution is 2.18. The van der Waals surface area contributed by atoms with E-state index in [1.165, 1.54) is 37.1 Å². The van der Waals surface area contributed by atoms with Crippen molar-refractivity contribution in [3.63, 3.8) is 0 Å². The summed E-state index contributed by atoms with van der Waals surface area (Å²) in [5.74, 6) is 1.73. The minimum absolute atomic E-state index is 0.778. The van der Waals surface area contributed by atoms with Gasteiger partial charge in [-0.05, 0) is 56.3 Å². The number of hydrogen-bond donors (Lipinski definition) is 2. The first-order valence-corrected chi connectivity index (χ1v) is 10.0. The zero-order valence-electron chi connectivity index (χ0n) is 16.8. The molecule has 2 N–H and O–H groups in total. The summed E-state index contributed by atoms with van der Waals surface area (Å²) in [6.07, 6.45) is 3.64. The first-order valence-electron chi connectivity index (χ1n) is 10.0. The molecule has 0 aromatic heterocycles. The second-order valence-corrected chi connectivity index (χ2v) is 7.18. The Balaban J connectivity index is 1.74. The van der Waals surface area contributed by atoms with E-state index in [2.05, 4.69) is 51.7 Å². The number of likely N-dealkylation sites (tertiary alicyclic amines) is 1. The summed E-state index contributed by atoms with van der Waals surface area (Å²) in [5, 5.41) is 6.73. The van der Waals surface area contributed by atoms with Gasteiger partial charge in [0, 0.05) is 39.9 Å². The van der Waals surface area contributed by atoms with E-state index in [1.54, 1.807) is 0 Å². The molecule has 5 heteroatoms. The number of benzene rings is 1. The topological polar surface area (TPSA) is 48.9 Å². The maximum absolute atomic E-state index is 5.36. The third-order valence-corrected chi connectivity index (χ3v) is 4.92. The fourth-order valence-corrected chi connectivity index (χ4v) is 3.25. The first-order chi connectivity index (χ1) is 12.7. The van der Waals surface area contributed by atoms with E-state index >= 15 is 0 Å². The van der Waals surface area contributed by atoms with Crippen molar-refractivity contribution in [2.24, 2.45) is 10.9 Å². The van der Waals surface area contributed by atoms with Gasteiger partial charge in [0.25, 0.3) is 0 Å². The molecule has 26 heavy (non-hydrogen) atoms. The van der Waals surface area contributed by atoms with Crippen LogP contribution in [0.15, 0.2) is 29.3 Å². The molecule has 1 heterocycles. The van der Waals surface area contributed by atoms with E-state index in [4.69, 9.17) is 4.74 Å². The SMILES string of the molecule is CCOCCCNC(=NC)NCc1cccc(CN2CCC(C)CC2)c1. The van der Waals surface area contributed by atoms with Crippen molar-refractivity contribution in [2.45, 2.75) is 46.2 Å². The molecule has 0 saturated carbocycles. The van der Waals surface area contributed by atoms with Crippen LogP contribution in [0.25, 0.3) is 0 Å². The largest absolute Gasteiger partial charge is 0.382 e. The van der Waals surface area contributed by atoms with E-state index in [1.807, 2.05) is 14.0 Å². The number of piperidine rings is 1. The second kappa shape index (κ2) is 11.9. The Morgan fingerprint density at radius 3 is 2.73 bits per heavy atom. The normalized spacial score (nSPS) is 16.7. The second-order valence-electron chi connectivity index (χ2n) is 7.18. The smallest absolute Gasteiger partial charge is 0.191 e. The highest BCUT2D eigenvalue weighted by atomic mass is 16.5. The van der Waals surface area contributed by atoms with Crippen LogP contribution in [0, 0.1) is 5.92 Å². The van der Waals surface area contributed by atoms with E-state index in [0.717, 1.165) is 51.1 Å². The molecule has 0 spiro atoms. The maximum atomic E-state index is 5.36. The van der Waals surface area contributed by atoms with Gasteiger partial charge in [-0.3, -0.25) is 9.89 Å². The molecule has 1 aliphatic heterocycles. The van der Waals surface area contributed by atoms with Crippen LogP contribution in [0.1, 0.15) is 44.2 Å². The van der Waals surface area contributed by atoms with Gasteiger partial charge in [-0.25, -0.2) is 0 Å². The Bertz CT molecular complexity index is 539. The van der Waals surface area contributed by atoms with Gasteiger partial charge in [0.05, 0.1) is 0 Å². The van der Waals surface area contributed by atoms with E-state index in [-0.39, 0.29) is 0 Å². The van der Waals surface area contributed by atoms with Crippen LogP contribution >= 0.6 is 0 Å². The summed E-state index contributed by atoms with van der Waals surface area (Å²) in [6.45, 7) is 11.1. The number of guanidine groups is 1. The van der Waals surface area contributed by atoms with E-state index in [9.17, 15) is 0 Å².